The molecule has 1 aliphatic rings. The van der Waals surface area contributed by atoms with Gasteiger partial charge in [0.25, 0.3) is 0 Å². The number of morpholine rings is 1. The third-order valence-electron chi connectivity index (χ3n) is 3.60. The lowest BCUT2D eigenvalue weighted by Gasteiger charge is -2.41. The van der Waals surface area contributed by atoms with E-state index >= 15 is 0 Å². The molecule has 5 nitrogen and oxygen atoms in total. The van der Waals surface area contributed by atoms with Gasteiger partial charge in [-0.25, -0.2) is 8.42 Å². The van der Waals surface area contributed by atoms with Gasteiger partial charge in [-0.15, -0.1) is 0 Å². The first-order valence-corrected chi connectivity index (χ1v) is 8.94. The zero-order valence-electron chi connectivity index (χ0n) is 12.4. The number of ether oxygens (including phenoxy) is 1. The summed E-state index contributed by atoms with van der Waals surface area (Å²) in [7, 11) is -3.66. The minimum absolute atomic E-state index is 0.191. The summed E-state index contributed by atoms with van der Waals surface area (Å²) in [5.74, 6) is 0. The van der Waals surface area contributed by atoms with Crippen LogP contribution in [-0.4, -0.2) is 43.1 Å². The molecule has 0 bridgehead atoms. The van der Waals surface area contributed by atoms with Crippen molar-refractivity contribution in [3.8, 4) is 0 Å². The van der Waals surface area contributed by atoms with Crippen LogP contribution in [0, 0.1) is 6.92 Å². The van der Waals surface area contributed by atoms with E-state index in [1.807, 2.05) is 20.8 Å². The Morgan fingerprint density at radius 2 is 2.10 bits per heavy atom. The normalized spacial score (nSPS) is 19.7. The van der Waals surface area contributed by atoms with Crippen molar-refractivity contribution in [2.45, 2.75) is 37.8 Å². The first-order valence-electron chi connectivity index (χ1n) is 6.70. The summed E-state index contributed by atoms with van der Waals surface area (Å²) < 4.78 is 33.4. The Balaban J connectivity index is 2.56. The third kappa shape index (κ3) is 3.17. The highest BCUT2D eigenvalue weighted by Crippen LogP contribution is 2.33. The van der Waals surface area contributed by atoms with Gasteiger partial charge in [0, 0.05) is 11.0 Å². The fraction of sp³-hybridized carbons (Fsp3) is 0.571. The van der Waals surface area contributed by atoms with Gasteiger partial charge in [-0.05, 0) is 53.9 Å². The van der Waals surface area contributed by atoms with Gasteiger partial charge in [0.2, 0.25) is 10.0 Å². The Hall–Kier alpha value is -0.470. The van der Waals surface area contributed by atoms with E-state index in [1.54, 1.807) is 6.07 Å². The van der Waals surface area contributed by atoms with E-state index in [9.17, 15) is 13.5 Å². The quantitative estimate of drug-likeness (QED) is 0.874. The highest BCUT2D eigenvalue weighted by atomic mass is 79.9. The molecule has 0 unspecified atom stereocenters. The molecule has 0 aliphatic carbocycles. The van der Waals surface area contributed by atoms with Gasteiger partial charge in [0.15, 0.2) is 0 Å². The number of aliphatic hydroxyl groups excluding tert-OH is 1. The number of aryl methyl sites for hydroxylation is 1. The van der Waals surface area contributed by atoms with Crippen LogP contribution < -0.4 is 0 Å². The number of halogens is 1. The second-order valence-electron chi connectivity index (χ2n) is 5.83. The Labute approximate surface area is 134 Å². The largest absolute Gasteiger partial charge is 0.392 e. The Morgan fingerprint density at radius 3 is 2.67 bits per heavy atom. The molecule has 0 spiro atoms. The summed E-state index contributed by atoms with van der Waals surface area (Å²) in [6.07, 6.45) is 0. The van der Waals surface area contributed by atoms with E-state index in [4.69, 9.17) is 4.74 Å². The van der Waals surface area contributed by atoms with Crippen molar-refractivity contribution in [3.63, 3.8) is 0 Å². The lowest BCUT2D eigenvalue weighted by atomic mass is 10.1. The van der Waals surface area contributed by atoms with Crippen molar-refractivity contribution in [1.82, 2.24) is 4.31 Å². The lowest BCUT2D eigenvalue weighted by molar-refractivity contribution is -0.00773. The van der Waals surface area contributed by atoms with Gasteiger partial charge in [-0.2, -0.15) is 4.31 Å². The molecule has 1 aromatic rings. The molecular weight excluding hydrogens is 358 g/mol. The number of hydrogen-bond acceptors (Lipinski definition) is 4. The maximum atomic E-state index is 13.0. The van der Waals surface area contributed by atoms with Crippen molar-refractivity contribution < 1.29 is 18.3 Å². The molecular formula is C14H20BrNO4S. The second-order valence-corrected chi connectivity index (χ2v) is 8.45. The first kappa shape index (κ1) is 16.9. The topological polar surface area (TPSA) is 66.8 Å². The number of rotatable bonds is 3. The minimum Gasteiger partial charge on any atom is -0.392 e. The van der Waals surface area contributed by atoms with E-state index in [0.29, 0.717) is 29.8 Å². The summed E-state index contributed by atoms with van der Waals surface area (Å²) in [6, 6.07) is 3.30. The number of sulfonamides is 1. The van der Waals surface area contributed by atoms with Gasteiger partial charge in [0.1, 0.15) is 0 Å². The highest BCUT2D eigenvalue weighted by molar-refractivity contribution is 9.10. The summed E-state index contributed by atoms with van der Waals surface area (Å²) in [5, 5.41) is 9.31. The average Bonchev–Trinajstić information content (AvgIpc) is 2.40. The van der Waals surface area contributed by atoms with Crippen molar-refractivity contribution in [3.05, 3.63) is 27.7 Å². The van der Waals surface area contributed by atoms with Crippen LogP contribution in [0.1, 0.15) is 25.0 Å². The zero-order chi connectivity index (χ0) is 15.8. The van der Waals surface area contributed by atoms with Gasteiger partial charge in [0.05, 0.1) is 30.3 Å². The number of aliphatic hydroxyl groups is 1. The van der Waals surface area contributed by atoms with Crippen LogP contribution in [0.15, 0.2) is 21.5 Å². The van der Waals surface area contributed by atoms with Crippen LogP contribution in [0.2, 0.25) is 0 Å². The molecule has 1 N–H and O–H groups in total. The first-order chi connectivity index (χ1) is 9.70. The van der Waals surface area contributed by atoms with Crippen molar-refractivity contribution in [2.75, 3.05) is 19.8 Å². The molecule has 7 heteroatoms. The Bertz CT molecular complexity index is 643. The van der Waals surface area contributed by atoms with Crippen molar-refractivity contribution in [2.24, 2.45) is 0 Å². The zero-order valence-corrected chi connectivity index (χ0v) is 14.8. The molecule has 1 heterocycles. The molecule has 0 amide bonds. The second kappa shape index (κ2) is 5.96. The monoisotopic (exact) mass is 377 g/mol. The molecule has 1 aromatic carbocycles. The summed E-state index contributed by atoms with van der Waals surface area (Å²) in [6.45, 7) is 6.39. The summed E-state index contributed by atoms with van der Waals surface area (Å²) in [4.78, 5) is 0.196. The molecule has 21 heavy (non-hydrogen) atoms. The van der Waals surface area contributed by atoms with Crippen LogP contribution in [0.4, 0.5) is 0 Å². The standard InChI is InChI=1S/C14H20BrNO4S/c1-10-6-11(8-17)7-12(13(10)15)21(18,19)16-4-5-20-9-14(16,2)3/h6-7,17H,4-5,8-9H2,1-3H3. The van der Waals surface area contributed by atoms with Gasteiger partial charge >= 0.3 is 0 Å². The molecule has 1 saturated heterocycles. The van der Waals surface area contributed by atoms with Crippen LogP contribution in [0.25, 0.3) is 0 Å². The molecule has 0 aromatic heterocycles. The summed E-state index contributed by atoms with van der Waals surface area (Å²) >= 11 is 3.36. The van der Waals surface area contributed by atoms with Crippen molar-refractivity contribution in [1.29, 1.82) is 0 Å². The van der Waals surface area contributed by atoms with Crippen molar-refractivity contribution >= 4 is 26.0 Å². The number of benzene rings is 1. The Morgan fingerprint density at radius 1 is 1.43 bits per heavy atom. The maximum absolute atomic E-state index is 13.0. The van der Waals surface area contributed by atoms with E-state index in [2.05, 4.69) is 15.9 Å². The van der Waals surface area contributed by atoms with Gasteiger partial charge in [-0.3, -0.25) is 0 Å². The van der Waals surface area contributed by atoms with E-state index in [-0.39, 0.29) is 11.5 Å². The average molecular weight is 378 g/mol. The van der Waals surface area contributed by atoms with Crippen LogP contribution >= 0.6 is 15.9 Å². The van der Waals surface area contributed by atoms with Crippen LogP contribution in [0.3, 0.4) is 0 Å². The van der Waals surface area contributed by atoms with Crippen LogP contribution in [-0.2, 0) is 21.4 Å². The minimum atomic E-state index is -3.66. The van der Waals surface area contributed by atoms with E-state index in [0.717, 1.165) is 5.56 Å². The van der Waals surface area contributed by atoms with Gasteiger partial charge in [-0.1, -0.05) is 6.07 Å². The Kier molecular flexibility index (Phi) is 4.80. The molecule has 0 radical (unpaired) electrons. The van der Waals surface area contributed by atoms with E-state index in [1.165, 1.54) is 10.4 Å². The molecule has 1 aliphatic heterocycles. The molecule has 118 valence electrons. The highest BCUT2D eigenvalue weighted by Gasteiger charge is 2.40. The third-order valence-corrected chi connectivity index (χ3v) is 7.05. The number of nitrogens with zero attached hydrogens (tertiary/aromatic N) is 1. The molecule has 1 fully saturated rings. The van der Waals surface area contributed by atoms with E-state index < -0.39 is 15.6 Å². The predicted molar refractivity (Wildman–Crippen MR) is 83.6 cm³/mol. The van der Waals surface area contributed by atoms with Gasteiger partial charge < -0.3 is 9.84 Å². The fourth-order valence-corrected chi connectivity index (χ4v) is 5.28. The molecule has 2 rings (SSSR count). The fourth-order valence-electron chi connectivity index (χ4n) is 2.50. The SMILES string of the molecule is Cc1cc(CO)cc(S(=O)(=O)N2CCOCC2(C)C)c1Br. The lowest BCUT2D eigenvalue weighted by Crippen LogP contribution is -2.55. The maximum Gasteiger partial charge on any atom is 0.244 e. The predicted octanol–water partition coefficient (Wildman–Crippen LogP) is 2.05. The smallest absolute Gasteiger partial charge is 0.244 e. The molecule has 0 saturated carbocycles. The van der Waals surface area contributed by atoms with Crippen LogP contribution in [0.5, 0.6) is 0 Å². The molecule has 0 atom stereocenters. The summed E-state index contributed by atoms with van der Waals surface area (Å²) in [5.41, 5.74) is 0.770. The number of hydrogen-bond donors (Lipinski definition) is 1.